The molecule has 1 atom stereocenters. The van der Waals surface area contributed by atoms with Crippen molar-refractivity contribution in [2.24, 2.45) is 10.8 Å². The van der Waals surface area contributed by atoms with Crippen LogP contribution in [0.15, 0.2) is 29.4 Å². The molecule has 190 valence electrons. The summed E-state index contributed by atoms with van der Waals surface area (Å²) in [4.78, 5) is 14.0. The van der Waals surface area contributed by atoms with Crippen molar-refractivity contribution in [3.63, 3.8) is 0 Å². The first-order valence-corrected chi connectivity index (χ1v) is 12.0. The number of aromatic nitrogens is 3. The standard InChI is InChI=1S/C24H31F3N6O2/c1-3-4-13-23(2,21(28)34)35-18-7-5-16(6-8-18)17-11-14-32(15-12-17)20-10-9-19-29-30-22(24(25,26)27)33(19)31-20/h5-8,17H,3-4,9-15H2,1-2H3,(H2,28,34). The van der Waals surface area contributed by atoms with E-state index in [0.717, 1.165) is 35.9 Å². The van der Waals surface area contributed by atoms with Crippen molar-refractivity contribution in [2.75, 3.05) is 13.1 Å². The highest BCUT2D eigenvalue weighted by molar-refractivity contribution is 5.83. The van der Waals surface area contributed by atoms with E-state index in [2.05, 4.69) is 20.2 Å². The number of unbranched alkanes of at least 4 members (excludes halogenated alkanes) is 1. The lowest BCUT2D eigenvalue weighted by atomic mass is 9.89. The van der Waals surface area contributed by atoms with Crippen LogP contribution in [0.5, 0.6) is 5.75 Å². The van der Waals surface area contributed by atoms with Crippen molar-refractivity contribution in [3.8, 4) is 5.75 Å². The summed E-state index contributed by atoms with van der Waals surface area (Å²) in [5.41, 5.74) is 5.71. The van der Waals surface area contributed by atoms with Gasteiger partial charge in [-0.05, 0) is 56.2 Å². The van der Waals surface area contributed by atoms with E-state index in [9.17, 15) is 18.0 Å². The van der Waals surface area contributed by atoms with Crippen molar-refractivity contribution >= 4 is 11.7 Å². The number of hydrogen-bond donors (Lipinski definition) is 1. The number of primary amides is 1. The number of ether oxygens (including phenoxy) is 1. The first-order valence-electron chi connectivity index (χ1n) is 12.0. The van der Waals surface area contributed by atoms with Crippen LogP contribution >= 0.6 is 0 Å². The van der Waals surface area contributed by atoms with Crippen LogP contribution in [0.4, 0.5) is 13.2 Å². The summed E-state index contributed by atoms with van der Waals surface area (Å²) < 4.78 is 46.4. The molecule has 1 fully saturated rings. The van der Waals surface area contributed by atoms with Gasteiger partial charge in [-0.1, -0.05) is 25.5 Å². The number of carbonyl (C=O) groups excluding carboxylic acids is 1. The Morgan fingerprint density at radius 1 is 1.14 bits per heavy atom. The number of likely N-dealkylation sites (tertiary alicyclic amines) is 1. The second-order valence-corrected chi connectivity index (χ2v) is 9.40. The Balaban J connectivity index is 1.38. The molecule has 2 aromatic rings. The molecule has 0 radical (unpaired) electrons. The van der Waals surface area contributed by atoms with Gasteiger partial charge in [-0.2, -0.15) is 22.9 Å². The van der Waals surface area contributed by atoms with E-state index in [1.807, 2.05) is 31.2 Å². The van der Waals surface area contributed by atoms with E-state index >= 15 is 0 Å². The van der Waals surface area contributed by atoms with Gasteiger partial charge in [0.1, 0.15) is 11.6 Å². The van der Waals surface area contributed by atoms with E-state index in [4.69, 9.17) is 10.5 Å². The third-order valence-corrected chi connectivity index (χ3v) is 6.83. The zero-order valence-corrected chi connectivity index (χ0v) is 20.0. The van der Waals surface area contributed by atoms with E-state index < -0.39 is 23.5 Å². The van der Waals surface area contributed by atoms with Gasteiger partial charge in [0, 0.05) is 25.9 Å². The Morgan fingerprint density at radius 3 is 2.43 bits per heavy atom. The maximum atomic E-state index is 13.2. The van der Waals surface area contributed by atoms with E-state index in [1.54, 1.807) is 6.92 Å². The summed E-state index contributed by atoms with van der Waals surface area (Å²) in [5.74, 6) is 0.245. The molecule has 1 aromatic heterocycles. The van der Waals surface area contributed by atoms with Crippen LogP contribution < -0.4 is 10.5 Å². The summed E-state index contributed by atoms with van der Waals surface area (Å²) in [6.45, 7) is 5.19. The number of benzene rings is 1. The molecule has 2 aliphatic heterocycles. The molecule has 4 rings (SSSR count). The topological polar surface area (TPSA) is 98.6 Å². The van der Waals surface area contributed by atoms with Gasteiger partial charge in [0.25, 0.3) is 11.7 Å². The summed E-state index contributed by atoms with van der Waals surface area (Å²) >= 11 is 0. The maximum Gasteiger partial charge on any atom is 0.453 e. The molecule has 0 aliphatic carbocycles. The number of nitrogens with two attached hydrogens (primary N) is 1. The lowest BCUT2D eigenvalue weighted by Crippen LogP contribution is -2.46. The van der Waals surface area contributed by atoms with Crippen LogP contribution in [0.25, 0.3) is 0 Å². The number of piperidine rings is 1. The predicted octanol–water partition coefficient (Wildman–Crippen LogP) is 4.10. The normalized spacial score (nSPS) is 18.5. The fraction of sp³-hybridized carbons (Fsp3) is 0.583. The van der Waals surface area contributed by atoms with E-state index in [0.29, 0.717) is 49.9 Å². The van der Waals surface area contributed by atoms with Crippen molar-refractivity contribution in [1.29, 1.82) is 0 Å². The van der Waals surface area contributed by atoms with Gasteiger partial charge in [-0.25, -0.2) is 0 Å². The number of fused-ring (bicyclic) bond motifs is 1. The maximum absolute atomic E-state index is 13.2. The third-order valence-electron chi connectivity index (χ3n) is 6.83. The van der Waals surface area contributed by atoms with Gasteiger partial charge in [0.15, 0.2) is 11.4 Å². The predicted molar refractivity (Wildman–Crippen MR) is 124 cm³/mol. The van der Waals surface area contributed by atoms with Crippen LogP contribution in [0.3, 0.4) is 0 Å². The minimum atomic E-state index is -4.59. The third kappa shape index (κ3) is 5.43. The summed E-state index contributed by atoms with van der Waals surface area (Å²) in [6, 6.07) is 7.75. The quantitative estimate of drug-likeness (QED) is 0.628. The molecule has 11 heteroatoms. The van der Waals surface area contributed by atoms with Gasteiger partial charge in [-0.15, -0.1) is 10.2 Å². The molecule has 35 heavy (non-hydrogen) atoms. The molecule has 3 heterocycles. The first-order chi connectivity index (χ1) is 16.6. The van der Waals surface area contributed by atoms with Gasteiger partial charge >= 0.3 is 6.18 Å². The zero-order chi connectivity index (χ0) is 25.2. The molecular formula is C24H31F3N6O2. The number of aryl methyl sites for hydroxylation is 1. The van der Waals surface area contributed by atoms with Gasteiger partial charge in [0.05, 0.1) is 0 Å². The molecule has 0 saturated carbocycles. The second-order valence-electron chi connectivity index (χ2n) is 9.40. The van der Waals surface area contributed by atoms with E-state index in [-0.39, 0.29) is 5.82 Å². The number of halogens is 3. The van der Waals surface area contributed by atoms with Crippen molar-refractivity contribution in [3.05, 3.63) is 41.5 Å². The van der Waals surface area contributed by atoms with Gasteiger partial charge in [0.2, 0.25) is 0 Å². The number of nitrogens with zero attached hydrogens (tertiary/aromatic N) is 5. The zero-order valence-electron chi connectivity index (χ0n) is 20.0. The van der Waals surface area contributed by atoms with Gasteiger partial charge < -0.3 is 15.4 Å². The molecule has 0 bridgehead atoms. The van der Waals surface area contributed by atoms with Crippen LogP contribution in [0.1, 0.15) is 75.5 Å². The minimum absolute atomic E-state index is 0.236. The van der Waals surface area contributed by atoms with Crippen molar-refractivity contribution < 1.29 is 22.7 Å². The number of rotatable bonds is 7. The average molecular weight is 493 g/mol. The summed E-state index contributed by atoms with van der Waals surface area (Å²) in [6.07, 6.45) is 0.396. The van der Waals surface area contributed by atoms with Crippen LogP contribution in [0.2, 0.25) is 0 Å². The Hall–Kier alpha value is -3.11. The molecule has 1 amide bonds. The number of alkyl halides is 3. The molecule has 1 saturated heterocycles. The summed E-state index contributed by atoms with van der Waals surface area (Å²) in [7, 11) is 0. The molecule has 2 aliphatic rings. The Kier molecular flexibility index (Phi) is 7.05. The second kappa shape index (κ2) is 9.87. The first kappa shape index (κ1) is 25.0. The SMILES string of the molecule is CCCCC(C)(Oc1ccc(C2CCN(C3=Nn4c(nnc4C(F)(F)F)CC3)CC2)cc1)C(N)=O. The lowest BCUT2D eigenvalue weighted by Gasteiger charge is -2.35. The molecular weight excluding hydrogens is 461 g/mol. The number of amidine groups is 1. The van der Waals surface area contributed by atoms with Crippen LogP contribution in [0, 0.1) is 0 Å². The Labute approximate surface area is 202 Å². The van der Waals surface area contributed by atoms with E-state index in [1.165, 1.54) is 0 Å². The fourth-order valence-corrected chi connectivity index (χ4v) is 4.64. The number of amides is 1. The van der Waals surface area contributed by atoms with Crippen molar-refractivity contribution in [1.82, 2.24) is 19.8 Å². The Bertz CT molecular complexity index is 1070. The largest absolute Gasteiger partial charge is 0.478 e. The highest BCUT2D eigenvalue weighted by Gasteiger charge is 2.40. The highest BCUT2D eigenvalue weighted by atomic mass is 19.4. The monoisotopic (exact) mass is 492 g/mol. The minimum Gasteiger partial charge on any atom is -0.478 e. The lowest BCUT2D eigenvalue weighted by molar-refractivity contribution is -0.147. The van der Waals surface area contributed by atoms with Crippen LogP contribution in [-0.2, 0) is 17.4 Å². The van der Waals surface area contributed by atoms with Gasteiger partial charge in [-0.3, -0.25) is 4.79 Å². The molecule has 2 N–H and O–H groups in total. The number of hydrogen-bond acceptors (Lipinski definition) is 6. The number of carbonyl (C=O) groups is 1. The highest BCUT2D eigenvalue weighted by Crippen LogP contribution is 2.33. The Morgan fingerprint density at radius 2 is 1.83 bits per heavy atom. The molecule has 1 aromatic carbocycles. The van der Waals surface area contributed by atoms with Crippen LogP contribution in [-0.4, -0.2) is 50.2 Å². The summed E-state index contributed by atoms with van der Waals surface area (Å²) in [5, 5.41) is 11.2. The molecule has 8 nitrogen and oxygen atoms in total. The van der Waals surface area contributed by atoms with Crippen molar-refractivity contribution in [2.45, 2.75) is 76.5 Å². The molecule has 1 unspecified atom stereocenters. The average Bonchev–Trinajstić information content (AvgIpc) is 3.27. The molecule has 0 spiro atoms. The fourth-order valence-electron chi connectivity index (χ4n) is 4.64. The smallest absolute Gasteiger partial charge is 0.453 e.